The fourth-order valence-electron chi connectivity index (χ4n) is 11.4. The summed E-state index contributed by atoms with van der Waals surface area (Å²) in [5, 5.41) is 0. The van der Waals surface area contributed by atoms with E-state index in [9.17, 15) is 0 Å². The van der Waals surface area contributed by atoms with Gasteiger partial charge >= 0.3 is 0 Å². The Morgan fingerprint density at radius 3 is 0.947 bits per heavy atom. The first kappa shape index (κ1) is 46.2. The van der Waals surface area contributed by atoms with Crippen molar-refractivity contribution in [2.24, 2.45) is 0 Å². The second kappa shape index (κ2) is 23.8. The van der Waals surface area contributed by atoms with Crippen molar-refractivity contribution in [2.45, 2.75) is 163 Å². The van der Waals surface area contributed by atoms with Crippen molar-refractivity contribution in [2.75, 3.05) is 28.2 Å². The van der Waals surface area contributed by atoms with Crippen molar-refractivity contribution in [1.29, 1.82) is 0 Å². The number of hydrogen-bond acceptors (Lipinski definition) is 2. The molecule has 2 aromatic carbocycles. The molecule has 8 rings (SSSR count). The standard InChI is InChI=1S/2C26H37NP.Fe/c2*1-27(2)26(21-13-6-3-7-14-21)24-19-12-20-25(24)28(22-15-8-4-9-16-22)23-17-10-5-11-18-23;/h2*3,6-7,12-14,19-20,22-23,26H,4-5,8-11,15-18H2,1-2H3;/t2*26-;/m00./s1. The van der Waals surface area contributed by atoms with Gasteiger partial charge in [-0.05, 0) is 152 Å². The summed E-state index contributed by atoms with van der Waals surface area (Å²) in [5.74, 6) is 3.19. The summed E-state index contributed by atoms with van der Waals surface area (Å²) >= 11 is 0. The molecular formula is C52H74FeN2P2. The zero-order chi connectivity index (χ0) is 38.7. The van der Waals surface area contributed by atoms with Gasteiger partial charge in [0.25, 0.3) is 0 Å². The minimum absolute atomic E-state index is 0. The molecule has 6 saturated carbocycles. The van der Waals surface area contributed by atoms with E-state index in [0.717, 1.165) is 22.6 Å². The fraction of sp³-hybridized carbons (Fsp3) is 0.577. The Kier molecular flexibility index (Phi) is 19.3. The first-order chi connectivity index (χ1) is 27.5. The van der Waals surface area contributed by atoms with Crippen molar-refractivity contribution in [1.82, 2.24) is 9.80 Å². The Labute approximate surface area is 365 Å². The summed E-state index contributed by atoms with van der Waals surface area (Å²) < 4.78 is 0. The van der Waals surface area contributed by atoms with Gasteiger partial charge in [-0.1, -0.05) is 154 Å². The molecule has 0 aromatic heterocycles. The third-order valence-corrected chi connectivity index (χ3v) is 21.1. The quantitative estimate of drug-likeness (QED) is 0.155. The summed E-state index contributed by atoms with van der Waals surface area (Å²) in [6.07, 6.45) is 44.0. The molecule has 57 heavy (non-hydrogen) atoms. The van der Waals surface area contributed by atoms with Gasteiger partial charge in [-0.2, -0.15) is 0 Å². The molecule has 310 valence electrons. The summed E-state index contributed by atoms with van der Waals surface area (Å²) in [4.78, 5) is 4.84. The molecule has 5 heteroatoms. The van der Waals surface area contributed by atoms with Crippen LogP contribution < -0.4 is 0 Å². The van der Waals surface area contributed by atoms with Crippen LogP contribution in [0.4, 0.5) is 0 Å². The Morgan fingerprint density at radius 2 is 0.684 bits per heavy atom. The van der Waals surface area contributed by atoms with Gasteiger partial charge < -0.3 is 9.80 Å². The van der Waals surface area contributed by atoms with E-state index in [4.69, 9.17) is 0 Å². The third kappa shape index (κ3) is 12.0. The Morgan fingerprint density at radius 1 is 0.404 bits per heavy atom. The predicted octanol–water partition coefficient (Wildman–Crippen LogP) is 14.3. The molecule has 6 aliphatic rings. The van der Waals surface area contributed by atoms with Crippen molar-refractivity contribution in [3.05, 3.63) is 133 Å². The molecule has 0 spiro atoms. The van der Waals surface area contributed by atoms with Gasteiger partial charge in [0.1, 0.15) is 0 Å². The van der Waals surface area contributed by atoms with E-state index >= 15 is 0 Å². The fourth-order valence-corrected chi connectivity index (χ4v) is 19.3. The number of benzene rings is 2. The first-order valence-corrected chi connectivity index (χ1v) is 26.0. The minimum Gasteiger partial charge on any atom is -0.302 e. The van der Waals surface area contributed by atoms with E-state index < -0.39 is 0 Å². The molecule has 10 radical (unpaired) electrons. The van der Waals surface area contributed by atoms with Crippen LogP contribution in [-0.4, -0.2) is 60.6 Å². The molecule has 2 aromatic rings. The van der Waals surface area contributed by atoms with Crippen LogP contribution in [0, 0.1) is 61.7 Å². The largest absolute Gasteiger partial charge is 0.302 e. The second-order valence-corrected chi connectivity index (χ2v) is 23.8. The predicted molar refractivity (Wildman–Crippen MR) is 246 cm³/mol. The van der Waals surface area contributed by atoms with Crippen LogP contribution in [0.1, 0.15) is 152 Å². The minimum atomic E-state index is -0.0501. The monoisotopic (exact) mass is 844 g/mol. The molecule has 0 aliphatic heterocycles. The van der Waals surface area contributed by atoms with Crippen molar-refractivity contribution >= 4 is 15.8 Å². The summed E-state index contributed by atoms with van der Waals surface area (Å²) in [5.41, 5.74) is 10.2. The molecule has 0 bridgehead atoms. The molecule has 0 unspecified atom stereocenters. The molecular weight excluding hydrogens is 770 g/mol. The van der Waals surface area contributed by atoms with Crippen molar-refractivity contribution < 1.29 is 17.1 Å². The maximum atomic E-state index is 2.52. The van der Waals surface area contributed by atoms with Crippen LogP contribution in [0.15, 0.2) is 60.7 Å². The van der Waals surface area contributed by atoms with E-state index in [1.165, 1.54) is 140 Å². The molecule has 0 saturated heterocycles. The van der Waals surface area contributed by atoms with Gasteiger partial charge in [0.15, 0.2) is 0 Å². The average molecular weight is 845 g/mol. The zero-order valence-electron chi connectivity index (χ0n) is 36.0. The van der Waals surface area contributed by atoms with Crippen molar-refractivity contribution in [3.63, 3.8) is 0 Å². The summed E-state index contributed by atoms with van der Waals surface area (Å²) in [6.45, 7) is 0. The normalized spacial score (nSPS) is 24.6. The van der Waals surface area contributed by atoms with Gasteiger partial charge in [-0.25, -0.2) is 0 Å². The summed E-state index contributed by atoms with van der Waals surface area (Å²) in [6, 6.07) is 23.0. The van der Waals surface area contributed by atoms with E-state index in [-0.39, 0.29) is 32.9 Å². The first-order valence-electron chi connectivity index (χ1n) is 23.0. The Bertz CT molecular complexity index is 1220. The zero-order valence-corrected chi connectivity index (χ0v) is 38.9. The molecule has 0 amide bonds. The summed E-state index contributed by atoms with van der Waals surface area (Å²) in [7, 11) is 8.89. The SMILES string of the molecule is CN(C)[C@H]([C]1[CH][CH][CH][C]1P(C1CCCCC1)C1CCCCC1)c1ccccc1.CN(C)[C@H]([C]1[CH][CH][CH][C]1P(C1CCCCC1)C1CCCCC1)c1ccccc1.[Fe]. The van der Waals surface area contributed by atoms with Crippen LogP contribution >= 0.6 is 15.8 Å². The molecule has 6 aliphatic carbocycles. The molecule has 2 nitrogen and oxygen atoms in total. The Hall–Kier alpha value is -0.261. The maximum Gasteiger partial charge on any atom is 0.0416 e. The molecule has 0 N–H and O–H groups in total. The van der Waals surface area contributed by atoms with Gasteiger partial charge in [0.2, 0.25) is 0 Å². The van der Waals surface area contributed by atoms with Crippen LogP contribution in [0.2, 0.25) is 0 Å². The smallest absolute Gasteiger partial charge is 0.0416 e. The van der Waals surface area contributed by atoms with Crippen LogP contribution in [-0.2, 0) is 17.1 Å². The molecule has 2 atom stereocenters. The van der Waals surface area contributed by atoms with Gasteiger partial charge in [-0.15, -0.1) is 0 Å². The number of nitrogens with zero attached hydrogens (tertiary/aromatic N) is 2. The van der Waals surface area contributed by atoms with Gasteiger partial charge in [0, 0.05) is 52.3 Å². The molecule has 6 fully saturated rings. The van der Waals surface area contributed by atoms with Gasteiger partial charge in [0.05, 0.1) is 0 Å². The van der Waals surface area contributed by atoms with Crippen LogP contribution in [0.3, 0.4) is 0 Å². The van der Waals surface area contributed by atoms with Gasteiger partial charge in [-0.3, -0.25) is 0 Å². The van der Waals surface area contributed by atoms with E-state index in [2.05, 4.69) is 137 Å². The Balaban J connectivity index is 0.000000189. The van der Waals surface area contributed by atoms with Crippen LogP contribution in [0.5, 0.6) is 0 Å². The van der Waals surface area contributed by atoms with E-state index in [1.54, 1.807) is 23.2 Å². The topological polar surface area (TPSA) is 6.48 Å². The van der Waals surface area contributed by atoms with Crippen molar-refractivity contribution in [3.8, 4) is 0 Å². The third-order valence-electron chi connectivity index (χ3n) is 13.9. The number of rotatable bonds is 12. The van der Waals surface area contributed by atoms with E-state index in [1.807, 2.05) is 0 Å². The number of hydrogen-bond donors (Lipinski definition) is 0. The molecule has 0 heterocycles. The average Bonchev–Trinajstić information content (AvgIpc) is 3.91. The maximum absolute atomic E-state index is 2.52. The van der Waals surface area contributed by atoms with E-state index in [0.29, 0.717) is 12.1 Å². The second-order valence-electron chi connectivity index (χ2n) is 18.3. The van der Waals surface area contributed by atoms with Crippen LogP contribution in [0.25, 0.3) is 0 Å².